The lowest BCUT2D eigenvalue weighted by molar-refractivity contribution is -0.116. The van der Waals surface area contributed by atoms with Gasteiger partial charge in [0.15, 0.2) is 5.78 Å². The van der Waals surface area contributed by atoms with Gasteiger partial charge in [-0.3, -0.25) is 9.59 Å². The highest BCUT2D eigenvalue weighted by atomic mass is 16.5. The number of Topliss-reactive ketones (excluding diaryl/α,β-unsaturated/α-hetero) is 1. The molecule has 3 aromatic rings. The number of carbonyl (C=O) groups is 2. The third-order valence-electron chi connectivity index (χ3n) is 4.26. The molecule has 5 nitrogen and oxygen atoms in total. The van der Waals surface area contributed by atoms with Crippen LogP contribution in [0.25, 0.3) is 10.9 Å². The number of aromatic nitrogens is 1. The zero-order valence-electron chi connectivity index (χ0n) is 14.5. The number of nitrogens with one attached hydrogen (secondary N) is 1. The molecule has 0 bridgehead atoms. The van der Waals surface area contributed by atoms with Gasteiger partial charge in [0.1, 0.15) is 12.3 Å². The van der Waals surface area contributed by atoms with E-state index in [0.29, 0.717) is 11.3 Å². The molecule has 0 spiro atoms. The van der Waals surface area contributed by atoms with Gasteiger partial charge in [-0.2, -0.15) is 0 Å². The maximum atomic E-state index is 12.5. The molecule has 2 aromatic carbocycles. The van der Waals surface area contributed by atoms with E-state index in [4.69, 9.17) is 4.74 Å². The molecule has 1 amide bonds. The van der Waals surface area contributed by atoms with Crippen LogP contribution >= 0.6 is 0 Å². The van der Waals surface area contributed by atoms with Crippen molar-refractivity contribution in [2.75, 3.05) is 12.4 Å². The molecule has 0 aliphatic rings. The van der Waals surface area contributed by atoms with Crippen LogP contribution in [0.1, 0.15) is 23.0 Å². The number of para-hydroxylation sites is 1. The number of ketones is 1. The van der Waals surface area contributed by atoms with Gasteiger partial charge in [-0.25, -0.2) is 0 Å². The first-order valence-electron chi connectivity index (χ1n) is 8.04. The lowest BCUT2D eigenvalue weighted by Crippen LogP contribution is -2.19. The Hall–Kier alpha value is -3.08. The minimum Gasteiger partial charge on any atom is -0.497 e. The highest BCUT2D eigenvalue weighted by Gasteiger charge is 2.18. The number of anilines is 1. The lowest BCUT2D eigenvalue weighted by Gasteiger charge is -2.10. The van der Waals surface area contributed by atoms with E-state index in [1.165, 1.54) is 0 Å². The molecule has 128 valence electrons. The lowest BCUT2D eigenvalue weighted by atomic mass is 10.1. The Morgan fingerprint density at radius 1 is 1.08 bits per heavy atom. The van der Waals surface area contributed by atoms with E-state index < -0.39 is 0 Å². The Bertz CT molecular complexity index is 939. The van der Waals surface area contributed by atoms with Crippen molar-refractivity contribution in [2.24, 2.45) is 0 Å². The second-order valence-corrected chi connectivity index (χ2v) is 5.90. The van der Waals surface area contributed by atoms with Gasteiger partial charge in [0.05, 0.1) is 7.11 Å². The Morgan fingerprint density at radius 2 is 1.76 bits per heavy atom. The number of hydrogen-bond donors (Lipinski definition) is 1. The summed E-state index contributed by atoms with van der Waals surface area (Å²) in [6, 6.07) is 14.8. The highest BCUT2D eigenvalue weighted by Crippen LogP contribution is 2.26. The number of amides is 1. The molecule has 0 saturated carbocycles. The summed E-state index contributed by atoms with van der Waals surface area (Å²) in [7, 11) is 1.60. The smallest absolute Gasteiger partial charge is 0.244 e. The van der Waals surface area contributed by atoms with Crippen LogP contribution in [-0.4, -0.2) is 23.4 Å². The molecule has 0 atom stereocenters. The van der Waals surface area contributed by atoms with E-state index in [9.17, 15) is 9.59 Å². The van der Waals surface area contributed by atoms with E-state index in [0.717, 1.165) is 22.3 Å². The molecule has 0 unspecified atom stereocenters. The van der Waals surface area contributed by atoms with Crippen LogP contribution in [0.15, 0.2) is 48.5 Å². The molecular formula is C20H20N2O3. The summed E-state index contributed by atoms with van der Waals surface area (Å²) < 4.78 is 6.99. The number of hydrogen-bond acceptors (Lipinski definition) is 3. The van der Waals surface area contributed by atoms with Crippen molar-refractivity contribution in [3.63, 3.8) is 0 Å². The predicted molar refractivity (Wildman–Crippen MR) is 98.3 cm³/mol. The van der Waals surface area contributed by atoms with Crippen molar-refractivity contribution in [1.29, 1.82) is 0 Å². The van der Waals surface area contributed by atoms with Crippen LogP contribution in [0.4, 0.5) is 5.69 Å². The number of methoxy groups -OCH3 is 1. The molecule has 1 N–H and O–H groups in total. The normalized spacial score (nSPS) is 10.7. The number of fused-ring (bicyclic) bond motifs is 1. The monoisotopic (exact) mass is 336 g/mol. The zero-order chi connectivity index (χ0) is 18.0. The van der Waals surface area contributed by atoms with E-state index in [1.807, 2.05) is 35.8 Å². The van der Waals surface area contributed by atoms with Crippen LogP contribution in [0.3, 0.4) is 0 Å². The maximum Gasteiger partial charge on any atom is 0.244 e. The maximum absolute atomic E-state index is 12.5. The van der Waals surface area contributed by atoms with Crippen molar-refractivity contribution in [1.82, 2.24) is 4.57 Å². The number of nitrogens with zero attached hydrogens (tertiary/aromatic N) is 1. The Balaban J connectivity index is 1.88. The number of rotatable bonds is 5. The Morgan fingerprint density at radius 3 is 2.40 bits per heavy atom. The summed E-state index contributed by atoms with van der Waals surface area (Å²) in [5, 5.41) is 3.75. The van der Waals surface area contributed by atoms with Crippen LogP contribution < -0.4 is 10.1 Å². The SMILES string of the molecule is COc1ccc(NC(=O)Cn2c(C)c(C(C)=O)c3ccccc32)cc1. The van der Waals surface area contributed by atoms with Gasteiger partial charge in [-0.1, -0.05) is 18.2 Å². The zero-order valence-corrected chi connectivity index (χ0v) is 14.5. The molecular weight excluding hydrogens is 316 g/mol. The standard InChI is InChI=1S/C20H20N2O3/c1-13-20(14(2)23)17-6-4-5-7-18(17)22(13)12-19(24)21-15-8-10-16(25-3)11-9-15/h4-11H,12H2,1-3H3,(H,21,24). The van der Waals surface area contributed by atoms with E-state index in [1.54, 1.807) is 38.3 Å². The first kappa shape index (κ1) is 16.8. The van der Waals surface area contributed by atoms with Crippen LogP contribution in [0.2, 0.25) is 0 Å². The molecule has 0 fully saturated rings. The quantitative estimate of drug-likeness (QED) is 0.721. The van der Waals surface area contributed by atoms with Crippen molar-refractivity contribution >= 4 is 28.3 Å². The average Bonchev–Trinajstić information content (AvgIpc) is 2.88. The fourth-order valence-corrected chi connectivity index (χ4v) is 3.10. The van der Waals surface area contributed by atoms with E-state index in [-0.39, 0.29) is 18.2 Å². The topological polar surface area (TPSA) is 60.3 Å². The second kappa shape index (κ2) is 6.81. The van der Waals surface area contributed by atoms with Crippen molar-refractivity contribution in [2.45, 2.75) is 20.4 Å². The summed E-state index contributed by atoms with van der Waals surface area (Å²) in [4.78, 5) is 24.5. The number of ether oxygens (including phenoxy) is 1. The third-order valence-corrected chi connectivity index (χ3v) is 4.26. The Kier molecular flexibility index (Phi) is 4.57. The predicted octanol–water partition coefficient (Wildman–Crippen LogP) is 3.80. The first-order chi connectivity index (χ1) is 12.0. The summed E-state index contributed by atoms with van der Waals surface area (Å²) in [6.45, 7) is 3.57. The Labute approximate surface area is 146 Å². The van der Waals surface area contributed by atoms with Gasteiger partial charge in [-0.05, 0) is 44.2 Å². The summed E-state index contributed by atoms with van der Waals surface area (Å²) in [6.07, 6.45) is 0. The molecule has 0 aliphatic heterocycles. The summed E-state index contributed by atoms with van der Waals surface area (Å²) >= 11 is 0. The minimum atomic E-state index is -0.149. The molecule has 1 heterocycles. The van der Waals surface area contributed by atoms with Gasteiger partial charge in [-0.15, -0.1) is 0 Å². The van der Waals surface area contributed by atoms with Gasteiger partial charge >= 0.3 is 0 Å². The van der Waals surface area contributed by atoms with E-state index in [2.05, 4.69) is 5.32 Å². The summed E-state index contributed by atoms with van der Waals surface area (Å²) in [5.41, 5.74) is 3.06. The summed E-state index contributed by atoms with van der Waals surface area (Å²) in [5.74, 6) is 0.587. The van der Waals surface area contributed by atoms with Crippen LogP contribution in [0, 0.1) is 6.92 Å². The minimum absolute atomic E-state index is 0.00279. The molecule has 0 aliphatic carbocycles. The fourth-order valence-electron chi connectivity index (χ4n) is 3.10. The third kappa shape index (κ3) is 3.26. The molecule has 3 rings (SSSR count). The first-order valence-corrected chi connectivity index (χ1v) is 8.04. The van der Waals surface area contributed by atoms with Gasteiger partial charge in [0.2, 0.25) is 5.91 Å². The highest BCUT2D eigenvalue weighted by molar-refractivity contribution is 6.08. The van der Waals surface area contributed by atoms with Crippen molar-refractivity contribution < 1.29 is 14.3 Å². The molecule has 25 heavy (non-hydrogen) atoms. The van der Waals surface area contributed by atoms with Crippen molar-refractivity contribution in [3.8, 4) is 5.75 Å². The molecule has 0 radical (unpaired) electrons. The van der Waals surface area contributed by atoms with Gasteiger partial charge in [0.25, 0.3) is 0 Å². The second-order valence-electron chi connectivity index (χ2n) is 5.90. The average molecular weight is 336 g/mol. The number of benzene rings is 2. The van der Waals surface area contributed by atoms with E-state index >= 15 is 0 Å². The molecule has 0 saturated heterocycles. The van der Waals surface area contributed by atoms with Crippen LogP contribution in [-0.2, 0) is 11.3 Å². The van der Waals surface area contributed by atoms with Crippen molar-refractivity contribution in [3.05, 3.63) is 59.8 Å². The number of carbonyl (C=O) groups excluding carboxylic acids is 2. The van der Waals surface area contributed by atoms with Gasteiger partial charge < -0.3 is 14.6 Å². The van der Waals surface area contributed by atoms with Crippen LogP contribution in [0.5, 0.6) is 5.75 Å². The molecule has 5 heteroatoms. The largest absolute Gasteiger partial charge is 0.497 e. The molecule has 1 aromatic heterocycles. The van der Waals surface area contributed by atoms with Gasteiger partial charge in [0, 0.05) is 27.8 Å². The fraction of sp³-hybridized carbons (Fsp3) is 0.200.